The lowest BCUT2D eigenvalue weighted by Gasteiger charge is -2.26. The minimum absolute atomic E-state index is 0.189. The highest BCUT2D eigenvalue weighted by Gasteiger charge is 2.31. The summed E-state index contributed by atoms with van der Waals surface area (Å²) in [6.45, 7) is 1.21. The second-order valence-electron chi connectivity index (χ2n) is 5.58. The Kier molecular flexibility index (Phi) is 4.48. The molecule has 126 valence electrons. The van der Waals surface area contributed by atoms with Crippen molar-refractivity contribution in [2.75, 3.05) is 13.6 Å². The normalized spacial score (nSPS) is 16.3. The summed E-state index contributed by atoms with van der Waals surface area (Å²) >= 11 is 0. The zero-order valence-corrected chi connectivity index (χ0v) is 13.4. The van der Waals surface area contributed by atoms with Gasteiger partial charge in [-0.2, -0.15) is 5.10 Å². The largest absolute Gasteiger partial charge is 0.364 e. The Morgan fingerprint density at radius 3 is 2.79 bits per heavy atom. The third-order valence-corrected chi connectivity index (χ3v) is 4.01. The zero-order valence-electron chi connectivity index (χ0n) is 13.4. The van der Waals surface area contributed by atoms with E-state index >= 15 is 0 Å². The van der Waals surface area contributed by atoms with Crippen LogP contribution in [-0.2, 0) is 13.0 Å². The molecule has 1 aromatic carbocycles. The van der Waals surface area contributed by atoms with E-state index in [2.05, 4.69) is 21.0 Å². The van der Waals surface area contributed by atoms with Crippen molar-refractivity contribution in [1.82, 2.24) is 25.7 Å². The maximum absolute atomic E-state index is 11.8. The van der Waals surface area contributed by atoms with E-state index in [-0.39, 0.29) is 11.7 Å². The Bertz CT molecular complexity index is 755. The monoisotopic (exact) mass is 328 g/mol. The number of hydrogen-bond donors (Lipinski definition) is 4. The number of fused-ring (bicyclic) bond motifs is 1. The van der Waals surface area contributed by atoms with E-state index in [1.807, 2.05) is 30.3 Å². The van der Waals surface area contributed by atoms with E-state index in [1.54, 1.807) is 4.68 Å². The third-order valence-electron chi connectivity index (χ3n) is 4.01. The average Bonchev–Trinajstić information content (AvgIpc) is 2.96. The van der Waals surface area contributed by atoms with Crippen molar-refractivity contribution >= 4 is 11.9 Å². The molecule has 8 heteroatoms. The Morgan fingerprint density at radius 1 is 1.38 bits per heavy atom. The number of primary amides is 1. The van der Waals surface area contributed by atoms with Crippen molar-refractivity contribution in [2.24, 2.45) is 5.73 Å². The summed E-state index contributed by atoms with van der Waals surface area (Å²) in [7, 11) is 1.53. The Labute approximate surface area is 139 Å². The van der Waals surface area contributed by atoms with Gasteiger partial charge in [0.2, 0.25) is 0 Å². The van der Waals surface area contributed by atoms with Crippen LogP contribution < -0.4 is 21.7 Å². The number of benzene rings is 1. The minimum Gasteiger partial charge on any atom is -0.364 e. The molecule has 1 atom stereocenters. The van der Waals surface area contributed by atoms with Crippen LogP contribution in [0.4, 0.5) is 4.79 Å². The standard InChI is InChI=1S/C16H20N6O2/c1-18-16(24)20-15-12-11(7-8-19-15)22(21-13(12)14(17)23)9-10-5-3-2-4-6-10/h2-6,15,19H,7-9H2,1H3,(H2,17,23)(H2,18,20,24). The molecule has 0 saturated carbocycles. The lowest BCUT2D eigenvalue weighted by molar-refractivity contribution is 0.0992. The molecule has 1 unspecified atom stereocenters. The summed E-state index contributed by atoms with van der Waals surface area (Å²) in [5.41, 5.74) is 8.32. The lowest BCUT2D eigenvalue weighted by atomic mass is 10.0. The van der Waals surface area contributed by atoms with Crippen molar-refractivity contribution < 1.29 is 9.59 Å². The molecule has 0 bridgehead atoms. The molecule has 8 nitrogen and oxygen atoms in total. The van der Waals surface area contributed by atoms with Crippen LogP contribution in [0, 0.1) is 0 Å². The molecule has 1 aliphatic rings. The van der Waals surface area contributed by atoms with Crippen LogP contribution in [0.1, 0.15) is 33.5 Å². The maximum atomic E-state index is 11.8. The number of nitrogens with zero attached hydrogens (tertiary/aromatic N) is 2. The van der Waals surface area contributed by atoms with Crippen molar-refractivity contribution in [3.05, 3.63) is 52.8 Å². The van der Waals surface area contributed by atoms with Crippen LogP contribution in [-0.4, -0.2) is 35.3 Å². The topological polar surface area (TPSA) is 114 Å². The average molecular weight is 328 g/mol. The van der Waals surface area contributed by atoms with Gasteiger partial charge in [0.05, 0.1) is 6.54 Å². The van der Waals surface area contributed by atoms with Gasteiger partial charge in [0.25, 0.3) is 5.91 Å². The highest BCUT2D eigenvalue weighted by Crippen LogP contribution is 2.25. The van der Waals surface area contributed by atoms with Gasteiger partial charge in [-0.3, -0.25) is 14.8 Å². The van der Waals surface area contributed by atoms with E-state index in [9.17, 15) is 9.59 Å². The van der Waals surface area contributed by atoms with E-state index in [0.717, 1.165) is 11.3 Å². The molecule has 0 fully saturated rings. The predicted octanol–water partition coefficient (Wildman–Crippen LogP) is 0.104. The van der Waals surface area contributed by atoms with Gasteiger partial charge in [-0.15, -0.1) is 0 Å². The van der Waals surface area contributed by atoms with Crippen LogP contribution in [0.25, 0.3) is 0 Å². The summed E-state index contributed by atoms with van der Waals surface area (Å²) in [5, 5.41) is 12.9. The maximum Gasteiger partial charge on any atom is 0.316 e. The highest BCUT2D eigenvalue weighted by molar-refractivity contribution is 5.93. The summed E-state index contributed by atoms with van der Waals surface area (Å²) < 4.78 is 1.80. The fourth-order valence-corrected chi connectivity index (χ4v) is 2.91. The number of amides is 3. The molecule has 0 spiro atoms. The summed E-state index contributed by atoms with van der Waals surface area (Å²) in [6, 6.07) is 9.52. The molecule has 1 aliphatic heterocycles. The minimum atomic E-state index is -0.606. The smallest absolute Gasteiger partial charge is 0.316 e. The number of hydrogen-bond acceptors (Lipinski definition) is 4. The van der Waals surface area contributed by atoms with Gasteiger partial charge >= 0.3 is 6.03 Å². The van der Waals surface area contributed by atoms with Crippen LogP contribution in [0.5, 0.6) is 0 Å². The molecule has 0 radical (unpaired) electrons. The third kappa shape index (κ3) is 3.09. The Balaban J connectivity index is 1.99. The highest BCUT2D eigenvalue weighted by atomic mass is 16.2. The van der Waals surface area contributed by atoms with Gasteiger partial charge < -0.3 is 16.4 Å². The van der Waals surface area contributed by atoms with Crippen molar-refractivity contribution in [1.29, 1.82) is 0 Å². The van der Waals surface area contributed by atoms with Crippen molar-refractivity contribution in [2.45, 2.75) is 19.1 Å². The fourth-order valence-electron chi connectivity index (χ4n) is 2.91. The van der Waals surface area contributed by atoms with Crippen molar-refractivity contribution in [3.63, 3.8) is 0 Å². The Hall–Kier alpha value is -2.87. The first-order chi connectivity index (χ1) is 11.6. The molecule has 1 aromatic heterocycles. The summed E-state index contributed by atoms with van der Waals surface area (Å²) in [4.78, 5) is 23.5. The molecule has 24 heavy (non-hydrogen) atoms. The van der Waals surface area contributed by atoms with Crippen LogP contribution >= 0.6 is 0 Å². The van der Waals surface area contributed by atoms with Gasteiger partial charge in [0, 0.05) is 31.3 Å². The van der Waals surface area contributed by atoms with E-state index < -0.39 is 12.1 Å². The number of carbonyl (C=O) groups excluding carboxylic acids is 2. The number of nitrogens with one attached hydrogen (secondary N) is 3. The second kappa shape index (κ2) is 6.71. The number of urea groups is 1. The summed E-state index contributed by atoms with van der Waals surface area (Å²) in [6.07, 6.45) is 0.203. The number of nitrogens with two attached hydrogens (primary N) is 1. The predicted molar refractivity (Wildman–Crippen MR) is 88.3 cm³/mol. The first-order valence-electron chi connectivity index (χ1n) is 7.75. The zero-order chi connectivity index (χ0) is 17.1. The second-order valence-corrected chi connectivity index (χ2v) is 5.58. The van der Waals surface area contributed by atoms with Gasteiger partial charge in [-0.1, -0.05) is 30.3 Å². The van der Waals surface area contributed by atoms with E-state index in [0.29, 0.717) is 25.1 Å². The summed E-state index contributed by atoms with van der Waals surface area (Å²) in [5.74, 6) is -0.606. The van der Waals surface area contributed by atoms with Crippen molar-refractivity contribution in [3.8, 4) is 0 Å². The molecule has 5 N–H and O–H groups in total. The van der Waals surface area contributed by atoms with Gasteiger partial charge in [0.15, 0.2) is 5.69 Å². The van der Waals surface area contributed by atoms with Gasteiger partial charge in [-0.05, 0) is 5.56 Å². The first kappa shape index (κ1) is 16.0. The molecule has 0 saturated heterocycles. The number of aromatic nitrogens is 2. The molecule has 3 amide bonds. The molecule has 0 aliphatic carbocycles. The van der Waals surface area contributed by atoms with Gasteiger partial charge in [-0.25, -0.2) is 4.79 Å². The number of rotatable bonds is 4. The molecule has 2 heterocycles. The van der Waals surface area contributed by atoms with Crippen LogP contribution in [0.15, 0.2) is 30.3 Å². The van der Waals surface area contributed by atoms with E-state index in [4.69, 9.17) is 5.73 Å². The molecule has 3 rings (SSSR count). The first-order valence-corrected chi connectivity index (χ1v) is 7.75. The van der Waals surface area contributed by atoms with Gasteiger partial charge in [0.1, 0.15) is 6.17 Å². The molecular weight excluding hydrogens is 308 g/mol. The Morgan fingerprint density at radius 2 is 2.12 bits per heavy atom. The molecular formula is C16H20N6O2. The SMILES string of the molecule is CNC(=O)NC1NCCc2c1c(C(N)=O)nn2Cc1ccccc1. The molecule has 2 aromatic rings. The number of carbonyl (C=O) groups is 2. The van der Waals surface area contributed by atoms with Crippen LogP contribution in [0.2, 0.25) is 0 Å². The fraction of sp³-hybridized carbons (Fsp3) is 0.312. The quantitative estimate of drug-likeness (QED) is 0.637. The lowest BCUT2D eigenvalue weighted by Crippen LogP contribution is -2.46. The van der Waals surface area contributed by atoms with Crippen LogP contribution in [0.3, 0.4) is 0 Å². The van der Waals surface area contributed by atoms with E-state index in [1.165, 1.54) is 7.05 Å².